The molecule has 0 fully saturated rings. The average Bonchev–Trinajstić information content (AvgIpc) is 1.61. The molecule has 0 saturated heterocycles. The van der Waals surface area contributed by atoms with E-state index in [1.54, 1.807) is 0 Å². The predicted molar refractivity (Wildman–Crippen MR) is 32.3 cm³/mol. The van der Waals surface area contributed by atoms with Crippen molar-refractivity contribution in [1.82, 2.24) is 0 Å². The van der Waals surface area contributed by atoms with Gasteiger partial charge in [-0.25, -0.2) is 0 Å². The van der Waals surface area contributed by atoms with Crippen LogP contribution in [0.2, 0.25) is 0 Å². The van der Waals surface area contributed by atoms with E-state index in [0.717, 1.165) is 18.3 Å². The SMILES string of the molecule is [3H]SCCC([3H])S. The van der Waals surface area contributed by atoms with Crippen molar-refractivity contribution in [2.45, 2.75) is 6.42 Å². The van der Waals surface area contributed by atoms with Crippen LogP contribution in [0.15, 0.2) is 0 Å². The van der Waals surface area contributed by atoms with Crippen LogP contribution >= 0.6 is 25.2 Å². The molecule has 0 radical (unpaired) electrons. The number of rotatable bonds is 3. The predicted octanol–water partition coefficient (Wildman–Crippen LogP) is 1.24. The van der Waals surface area contributed by atoms with Crippen LogP contribution < -0.4 is 0 Å². The van der Waals surface area contributed by atoms with Crippen LogP contribution in [0.1, 0.15) is 7.79 Å². The van der Waals surface area contributed by atoms with Gasteiger partial charge in [0, 0.05) is 1.37 Å². The van der Waals surface area contributed by atoms with Gasteiger partial charge in [-0.05, 0) is 17.9 Å². The molecule has 0 aliphatic carbocycles. The first-order valence-electron chi connectivity index (χ1n) is 2.44. The van der Waals surface area contributed by atoms with E-state index >= 15 is 0 Å². The van der Waals surface area contributed by atoms with Crippen LogP contribution in [0.5, 0.6) is 0 Å². The first-order chi connectivity index (χ1) is 3.27. The lowest BCUT2D eigenvalue weighted by Gasteiger charge is -1.78. The van der Waals surface area contributed by atoms with E-state index in [1.165, 1.54) is 0 Å². The van der Waals surface area contributed by atoms with Gasteiger partial charge in [0.2, 0.25) is 0 Å². The summed E-state index contributed by atoms with van der Waals surface area (Å²) in [5.74, 6) is 0.720. The van der Waals surface area contributed by atoms with Crippen molar-refractivity contribution < 1.29 is 1.37 Å². The Bertz CT molecular complexity index is 39.9. The third kappa shape index (κ3) is 4.70. The van der Waals surface area contributed by atoms with Crippen molar-refractivity contribution in [3.8, 4) is 0 Å². The highest BCUT2D eigenvalue weighted by Crippen LogP contribution is 1.83. The molecule has 0 aliphatic rings. The fourth-order valence-electron chi connectivity index (χ4n) is 0.0527. The molecule has 0 rings (SSSR count). The Balaban J connectivity index is 2.68. The lowest BCUT2D eigenvalue weighted by Crippen LogP contribution is -1.71. The largest absolute Gasteiger partial charge is 0.179 e. The van der Waals surface area contributed by atoms with Gasteiger partial charge in [-0.1, -0.05) is 0 Å². The fraction of sp³-hybridized carbons (Fsp3) is 1.00. The van der Waals surface area contributed by atoms with Gasteiger partial charge < -0.3 is 0 Å². The van der Waals surface area contributed by atoms with Gasteiger partial charge in [-0.15, -0.1) is 0 Å². The van der Waals surface area contributed by atoms with Gasteiger partial charge in [0.15, 0.2) is 0 Å². The number of hydrogen-bond donors (Lipinski definition) is 2. The highest BCUT2D eigenvalue weighted by atomic mass is 32.1. The Morgan fingerprint density at radius 3 is 3.00 bits per heavy atom. The number of hydrogen-bond acceptors (Lipinski definition) is 2. The molecule has 0 bridgehead atoms. The molecule has 1 unspecified atom stereocenters. The zero-order valence-corrected chi connectivity index (χ0v) is 4.56. The monoisotopic (exact) mass is 112 g/mol. The molecule has 0 heterocycles. The second-order valence-electron chi connectivity index (χ2n) is 0.675. The first kappa shape index (κ1) is 2.80. The van der Waals surface area contributed by atoms with E-state index in [2.05, 4.69) is 12.6 Å². The first-order valence-corrected chi connectivity index (χ1v) is 2.55. The number of thiol groups is 2. The van der Waals surface area contributed by atoms with Crippen LogP contribution in [0, 0.1) is 0 Å². The molecule has 0 spiro atoms. The van der Waals surface area contributed by atoms with Gasteiger partial charge >= 0.3 is 0 Å². The highest BCUT2D eigenvalue weighted by molar-refractivity contribution is 7.81. The van der Waals surface area contributed by atoms with Crippen molar-refractivity contribution in [2.24, 2.45) is 0 Å². The Hall–Kier alpha value is 0.700. The minimum Gasteiger partial charge on any atom is -0.179 e. The summed E-state index contributed by atoms with van der Waals surface area (Å²) in [6, 6.07) is 0. The molecular formula is C3H8S2. The fourth-order valence-corrected chi connectivity index (χ4v) is 0.474. The van der Waals surface area contributed by atoms with Crippen molar-refractivity contribution in [3.63, 3.8) is 0 Å². The summed E-state index contributed by atoms with van der Waals surface area (Å²) in [7, 11) is 0. The van der Waals surface area contributed by atoms with Crippen LogP contribution in [-0.2, 0) is 0 Å². The topological polar surface area (TPSA) is 0 Å². The Morgan fingerprint density at radius 1 is 2.00 bits per heavy atom. The van der Waals surface area contributed by atoms with Gasteiger partial charge in [0.25, 0.3) is 0 Å². The maximum absolute atomic E-state index is 6.85. The summed E-state index contributed by atoms with van der Waals surface area (Å²) in [6.45, 7) is 0. The van der Waals surface area contributed by atoms with E-state index < -0.39 is 0 Å². The third-order valence-electron chi connectivity index (χ3n) is 0.247. The summed E-state index contributed by atoms with van der Waals surface area (Å²) in [5, 5.41) is 0. The molecular weight excluding hydrogens is 100 g/mol. The maximum atomic E-state index is 6.85. The third-order valence-corrected chi connectivity index (χ3v) is 0.741. The standard InChI is InChI=1S/C3H8S2/c4-2-1-3-5/h4-5H,1-3H2/i2T/hT. The van der Waals surface area contributed by atoms with Crippen LogP contribution in [0.4, 0.5) is 0 Å². The smallest absolute Gasteiger partial charge is 0.102 e. The highest BCUT2D eigenvalue weighted by Gasteiger charge is 1.69. The molecule has 5 heavy (non-hydrogen) atoms. The van der Waals surface area contributed by atoms with E-state index in [4.69, 9.17) is 2.49 Å². The molecule has 0 aliphatic heterocycles. The second kappa shape index (κ2) is 4.70. The second-order valence-corrected chi connectivity index (χ2v) is 1.45. The average molecular weight is 112 g/mol. The van der Waals surface area contributed by atoms with Gasteiger partial charge in [0.05, 0.1) is 0 Å². The van der Waals surface area contributed by atoms with Gasteiger partial charge in [0.1, 0.15) is 1.12 Å². The Kier molecular flexibility index (Phi) is 2.64. The molecule has 2 heteroatoms. The molecule has 0 aromatic rings. The van der Waals surface area contributed by atoms with Crippen molar-refractivity contribution in [3.05, 3.63) is 0 Å². The summed E-state index contributed by atoms with van der Waals surface area (Å²) < 4.78 is 13.4. The minimum absolute atomic E-state index is 0.294. The lowest BCUT2D eigenvalue weighted by molar-refractivity contribution is 1.14. The summed E-state index contributed by atoms with van der Waals surface area (Å²) >= 11 is 4.81. The van der Waals surface area contributed by atoms with Crippen LogP contribution in [0.3, 0.4) is 0 Å². The minimum atomic E-state index is -0.294. The van der Waals surface area contributed by atoms with Crippen molar-refractivity contribution >= 4 is 25.2 Å². The molecule has 1 atom stereocenters. The molecule has 0 aromatic heterocycles. The zero-order chi connectivity index (χ0) is 5.70. The van der Waals surface area contributed by atoms with Crippen LogP contribution in [0.25, 0.3) is 0 Å². The van der Waals surface area contributed by atoms with Crippen LogP contribution in [-0.4, -0.2) is 12.6 Å². The summed E-state index contributed by atoms with van der Waals surface area (Å²) in [6.07, 6.45) is 0.706. The van der Waals surface area contributed by atoms with Crippen molar-refractivity contribution in [2.75, 3.05) is 11.5 Å². The normalized spacial score (nSPS) is 20.2. The molecule has 0 nitrogen and oxygen atoms in total. The summed E-state index contributed by atoms with van der Waals surface area (Å²) in [4.78, 5) is 0. The maximum Gasteiger partial charge on any atom is 0.102 e. The van der Waals surface area contributed by atoms with Gasteiger partial charge in [-0.2, -0.15) is 25.2 Å². The molecule has 0 N–H and O–H groups in total. The Morgan fingerprint density at radius 2 is 2.80 bits per heavy atom. The molecule has 32 valence electrons. The molecule has 0 aromatic carbocycles. The van der Waals surface area contributed by atoms with E-state index in [9.17, 15) is 0 Å². The Labute approximate surface area is 46.3 Å². The lowest BCUT2D eigenvalue weighted by atomic mass is 10.6. The quantitative estimate of drug-likeness (QED) is 0.504. The molecule has 0 saturated carbocycles. The van der Waals surface area contributed by atoms with E-state index in [1.807, 2.05) is 0 Å². The van der Waals surface area contributed by atoms with E-state index in [-0.39, 0.29) is 5.73 Å². The zero-order valence-electron chi connectivity index (χ0n) is 4.85. The van der Waals surface area contributed by atoms with Gasteiger partial charge in [-0.3, -0.25) is 0 Å². The van der Waals surface area contributed by atoms with E-state index in [0.29, 0.717) is 6.42 Å². The molecule has 0 amide bonds. The summed E-state index contributed by atoms with van der Waals surface area (Å²) in [5.41, 5.74) is -0.294. The van der Waals surface area contributed by atoms with Crippen molar-refractivity contribution in [1.29, 1.82) is 1.12 Å².